The fourth-order valence-corrected chi connectivity index (χ4v) is 3.51. The van der Waals surface area contributed by atoms with E-state index in [9.17, 15) is 14.9 Å². The summed E-state index contributed by atoms with van der Waals surface area (Å²) in [5, 5.41) is 14.6. The lowest BCUT2D eigenvalue weighted by molar-refractivity contribution is -0.384. The molecule has 0 aromatic heterocycles. The van der Waals surface area contributed by atoms with Gasteiger partial charge in [-0.2, -0.15) is 11.8 Å². The van der Waals surface area contributed by atoms with Crippen LogP contribution in [0.15, 0.2) is 42.5 Å². The molecule has 0 heterocycles. The molecule has 0 aliphatic carbocycles. The third-order valence-electron chi connectivity index (χ3n) is 3.18. The molecule has 24 heavy (non-hydrogen) atoms. The van der Waals surface area contributed by atoms with E-state index in [4.69, 9.17) is 23.2 Å². The molecule has 2 aromatic rings. The first-order valence-corrected chi connectivity index (χ1v) is 8.93. The molecular formula is C16H14Cl2N2O3S. The number of rotatable bonds is 7. The molecule has 0 aliphatic rings. The first-order valence-electron chi connectivity index (χ1n) is 7.02. The van der Waals surface area contributed by atoms with Gasteiger partial charge >= 0.3 is 0 Å². The minimum atomic E-state index is -0.502. The highest BCUT2D eigenvalue weighted by Gasteiger charge is 2.09. The van der Waals surface area contributed by atoms with Crippen LogP contribution in [0.2, 0.25) is 10.0 Å². The van der Waals surface area contributed by atoms with E-state index in [2.05, 4.69) is 5.32 Å². The molecule has 8 heteroatoms. The van der Waals surface area contributed by atoms with Crippen LogP contribution in [0.1, 0.15) is 15.9 Å². The van der Waals surface area contributed by atoms with Gasteiger partial charge in [-0.1, -0.05) is 29.3 Å². The van der Waals surface area contributed by atoms with Gasteiger partial charge in [-0.3, -0.25) is 14.9 Å². The maximum Gasteiger partial charge on any atom is 0.269 e. The first kappa shape index (κ1) is 18.6. The Morgan fingerprint density at radius 3 is 2.33 bits per heavy atom. The molecule has 0 radical (unpaired) electrons. The molecular weight excluding hydrogens is 371 g/mol. The summed E-state index contributed by atoms with van der Waals surface area (Å²) in [5.74, 6) is 1.09. The highest BCUT2D eigenvalue weighted by atomic mass is 35.5. The van der Waals surface area contributed by atoms with Crippen LogP contribution < -0.4 is 5.32 Å². The van der Waals surface area contributed by atoms with Crippen molar-refractivity contribution in [3.63, 3.8) is 0 Å². The lowest BCUT2D eigenvalue weighted by atomic mass is 10.2. The summed E-state index contributed by atoms with van der Waals surface area (Å²) < 4.78 is 0. The van der Waals surface area contributed by atoms with Crippen LogP contribution in [0, 0.1) is 10.1 Å². The summed E-state index contributed by atoms with van der Waals surface area (Å²) in [7, 11) is 0. The molecule has 0 aliphatic heterocycles. The summed E-state index contributed by atoms with van der Waals surface area (Å²) >= 11 is 13.8. The highest BCUT2D eigenvalue weighted by Crippen LogP contribution is 2.27. The average molecular weight is 385 g/mol. The molecule has 5 nitrogen and oxygen atoms in total. The molecule has 1 amide bonds. The van der Waals surface area contributed by atoms with Crippen LogP contribution in [-0.2, 0) is 5.75 Å². The van der Waals surface area contributed by atoms with Gasteiger partial charge in [-0.25, -0.2) is 0 Å². The summed E-state index contributed by atoms with van der Waals surface area (Å²) in [6.45, 7) is 0.475. The molecule has 1 N–H and O–H groups in total. The van der Waals surface area contributed by atoms with Gasteiger partial charge in [0.15, 0.2) is 0 Å². The minimum absolute atomic E-state index is 0.0428. The van der Waals surface area contributed by atoms with Crippen molar-refractivity contribution in [1.29, 1.82) is 0 Å². The lowest BCUT2D eigenvalue weighted by Gasteiger charge is -2.08. The highest BCUT2D eigenvalue weighted by molar-refractivity contribution is 7.98. The van der Waals surface area contributed by atoms with Gasteiger partial charge in [-0.05, 0) is 29.8 Å². The smallest absolute Gasteiger partial charge is 0.269 e. The molecule has 0 spiro atoms. The number of carbonyl (C=O) groups excluding carboxylic acids is 1. The predicted molar refractivity (Wildman–Crippen MR) is 98.1 cm³/mol. The van der Waals surface area contributed by atoms with Crippen LogP contribution in [-0.4, -0.2) is 23.1 Å². The van der Waals surface area contributed by atoms with Crippen molar-refractivity contribution in [1.82, 2.24) is 5.32 Å². The van der Waals surface area contributed by atoms with Gasteiger partial charge in [0.05, 0.1) is 4.92 Å². The number of nitro groups is 1. The average Bonchev–Trinajstić information content (AvgIpc) is 2.56. The Labute approximate surface area is 153 Å². The van der Waals surface area contributed by atoms with Gasteiger partial charge in [0.1, 0.15) is 0 Å². The van der Waals surface area contributed by atoms with Crippen molar-refractivity contribution in [3.8, 4) is 0 Å². The van der Waals surface area contributed by atoms with Crippen molar-refractivity contribution in [2.24, 2.45) is 0 Å². The summed E-state index contributed by atoms with van der Waals surface area (Å²) in [4.78, 5) is 22.0. The number of hydrogen-bond acceptors (Lipinski definition) is 4. The Morgan fingerprint density at radius 1 is 1.12 bits per heavy atom. The van der Waals surface area contributed by atoms with Crippen LogP contribution >= 0.6 is 35.0 Å². The Kier molecular flexibility index (Phi) is 6.90. The minimum Gasteiger partial charge on any atom is -0.351 e. The lowest BCUT2D eigenvalue weighted by Crippen LogP contribution is -2.25. The van der Waals surface area contributed by atoms with Crippen LogP contribution in [0.25, 0.3) is 0 Å². The number of halogens is 2. The van der Waals surface area contributed by atoms with Crippen molar-refractivity contribution in [2.75, 3.05) is 12.3 Å². The van der Waals surface area contributed by atoms with E-state index in [1.807, 2.05) is 0 Å². The van der Waals surface area contributed by atoms with E-state index >= 15 is 0 Å². The summed E-state index contributed by atoms with van der Waals surface area (Å²) in [5.41, 5.74) is 1.23. The largest absolute Gasteiger partial charge is 0.351 e. The van der Waals surface area contributed by atoms with E-state index in [0.29, 0.717) is 33.7 Å². The van der Waals surface area contributed by atoms with E-state index < -0.39 is 4.92 Å². The van der Waals surface area contributed by atoms with Crippen LogP contribution in [0.5, 0.6) is 0 Å². The third-order valence-corrected chi connectivity index (χ3v) is 4.87. The number of non-ortho nitro benzene ring substituents is 1. The topological polar surface area (TPSA) is 72.2 Å². The zero-order chi connectivity index (χ0) is 17.5. The number of hydrogen-bond donors (Lipinski definition) is 1. The molecule has 0 unspecified atom stereocenters. The fourth-order valence-electron chi connectivity index (χ4n) is 1.92. The van der Waals surface area contributed by atoms with E-state index in [0.717, 1.165) is 5.56 Å². The van der Waals surface area contributed by atoms with Crippen LogP contribution in [0.4, 0.5) is 5.69 Å². The van der Waals surface area contributed by atoms with Crippen molar-refractivity contribution >= 4 is 46.6 Å². The number of benzene rings is 2. The number of nitro benzene ring substituents is 1. The Morgan fingerprint density at radius 2 is 1.75 bits per heavy atom. The number of thioether (sulfide) groups is 1. The van der Waals surface area contributed by atoms with Crippen molar-refractivity contribution in [2.45, 2.75) is 5.75 Å². The zero-order valence-corrected chi connectivity index (χ0v) is 14.8. The Balaban J connectivity index is 1.76. The number of nitrogens with zero attached hydrogens (tertiary/aromatic N) is 1. The molecule has 0 saturated carbocycles. The second-order valence-electron chi connectivity index (χ2n) is 4.81. The van der Waals surface area contributed by atoms with Gasteiger partial charge in [0.25, 0.3) is 11.6 Å². The predicted octanol–water partition coefficient (Wildman–Crippen LogP) is 4.56. The fraction of sp³-hybridized carbons (Fsp3) is 0.188. The molecule has 2 rings (SSSR count). The number of nitrogens with one attached hydrogen (secondary N) is 1. The van der Waals surface area contributed by atoms with Crippen molar-refractivity contribution < 1.29 is 9.72 Å². The third kappa shape index (κ3) is 5.12. The monoisotopic (exact) mass is 384 g/mol. The van der Waals surface area contributed by atoms with Gasteiger partial charge in [-0.15, -0.1) is 0 Å². The molecule has 0 fully saturated rings. The quantitative estimate of drug-likeness (QED) is 0.431. The second kappa shape index (κ2) is 8.92. The second-order valence-corrected chi connectivity index (χ2v) is 6.73. The SMILES string of the molecule is O=C(NCCSCc1c(Cl)cccc1Cl)c1ccc([N+](=O)[O-])cc1. The molecule has 126 valence electrons. The van der Waals surface area contributed by atoms with Crippen LogP contribution in [0.3, 0.4) is 0 Å². The maximum atomic E-state index is 11.9. The molecule has 0 atom stereocenters. The number of amides is 1. The first-order chi connectivity index (χ1) is 11.5. The van der Waals surface area contributed by atoms with E-state index in [1.54, 1.807) is 30.0 Å². The van der Waals surface area contributed by atoms with Crippen molar-refractivity contribution in [3.05, 3.63) is 73.8 Å². The van der Waals surface area contributed by atoms with Gasteiger partial charge in [0.2, 0.25) is 0 Å². The Hall–Kier alpha value is -1.76. The van der Waals surface area contributed by atoms with Gasteiger partial charge in [0, 0.05) is 45.8 Å². The molecule has 2 aromatic carbocycles. The number of carbonyl (C=O) groups is 1. The Bertz CT molecular complexity index is 718. The van der Waals surface area contributed by atoms with E-state index in [1.165, 1.54) is 24.3 Å². The molecule has 0 bridgehead atoms. The zero-order valence-electron chi connectivity index (χ0n) is 12.5. The molecule has 0 saturated heterocycles. The summed E-state index contributed by atoms with van der Waals surface area (Å²) in [6, 6.07) is 10.9. The standard InChI is InChI=1S/C16H14Cl2N2O3S/c17-14-2-1-3-15(18)13(14)10-24-9-8-19-16(21)11-4-6-12(7-5-11)20(22)23/h1-7H,8-10H2,(H,19,21). The maximum absolute atomic E-state index is 11.9. The summed E-state index contributed by atoms with van der Waals surface area (Å²) in [6.07, 6.45) is 0. The van der Waals surface area contributed by atoms with E-state index in [-0.39, 0.29) is 11.6 Å². The van der Waals surface area contributed by atoms with Gasteiger partial charge < -0.3 is 5.32 Å². The normalized spacial score (nSPS) is 10.4.